The van der Waals surface area contributed by atoms with E-state index in [9.17, 15) is 0 Å². The van der Waals surface area contributed by atoms with Crippen LogP contribution in [0.5, 0.6) is 0 Å². The predicted octanol–water partition coefficient (Wildman–Crippen LogP) is 8.72. The molecule has 2 heteroatoms. The fourth-order valence-corrected chi connectivity index (χ4v) is 5.91. The van der Waals surface area contributed by atoms with Crippen LogP contribution in [0.2, 0.25) is 0 Å². The molecule has 0 spiro atoms. The van der Waals surface area contributed by atoms with Crippen molar-refractivity contribution in [3.05, 3.63) is 59.7 Å². The lowest BCUT2D eigenvalue weighted by Crippen LogP contribution is -2.25. The summed E-state index contributed by atoms with van der Waals surface area (Å²) in [4.78, 5) is 0. The molecule has 0 amide bonds. The molecule has 27 heavy (non-hydrogen) atoms. The highest BCUT2D eigenvalue weighted by atomic mass is 127. The smallest absolute Gasteiger partial charge is 0.0215 e. The van der Waals surface area contributed by atoms with Gasteiger partial charge in [0.25, 0.3) is 0 Å². The van der Waals surface area contributed by atoms with Crippen LogP contribution in [0.15, 0.2) is 48.5 Å². The Morgan fingerprint density at radius 1 is 0.519 bits per heavy atom. The molecule has 2 aromatic rings. The number of hydrogen-bond donors (Lipinski definition) is 0. The number of hydrogen-bond acceptors (Lipinski definition) is 0. The van der Waals surface area contributed by atoms with E-state index >= 15 is 0 Å². The summed E-state index contributed by atoms with van der Waals surface area (Å²) in [7, 11) is 0. The van der Waals surface area contributed by atoms with Gasteiger partial charge in [0.2, 0.25) is 0 Å². The van der Waals surface area contributed by atoms with E-state index in [1.54, 1.807) is 11.1 Å². The largest absolute Gasteiger partial charge is 0.0864 e. The average molecular weight is 586 g/mol. The molecule has 1 aliphatic rings. The fraction of sp³-hybridized carbons (Fsp3) is 0.520. The van der Waals surface area contributed by atoms with Gasteiger partial charge in [-0.05, 0) is 56.8 Å². The normalized spacial score (nSPS) is 14.1. The molecule has 0 aliphatic heterocycles. The second kappa shape index (κ2) is 11.2. The maximum Gasteiger partial charge on any atom is 0.0215 e. The summed E-state index contributed by atoms with van der Waals surface area (Å²) >= 11 is 5.02. The topological polar surface area (TPSA) is 0 Å². The molecular weight excluding hydrogens is 554 g/mol. The van der Waals surface area contributed by atoms with Gasteiger partial charge in [-0.2, -0.15) is 0 Å². The summed E-state index contributed by atoms with van der Waals surface area (Å²) in [5.74, 6) is 0. The van der Waals surface area contributed by atoms with Crippen LogP contribution < -0.4 is 0 Å². The molecule has 0 saturated heterocycles. The Labute approximate surface area is 193 Å². The van der Waals surface area contributed by atoms with E-state index in [0.29, 0.717) is 0 Å². The molecule has 0 saturated carbocycles. The molecule has 1 aliphatic carbocycles. The van der Waals surface area contributed by atoms with Crippen molar-refractivity contribution in [2.24, 2.45) is 0 Å². The molecule has 0 fully saturated rings. The average Bonchev–Trinajstić information content (AvgIpc) is 2.99. The lowest BCUT2D eigenvalue weighted by Gasteiger charge is -2.33. The fourth-order valence-electron chi connectivity index (χ4n) is 4.83. The van der Waals surface area contributed by atoms with Gasteiger partial charge in [0, 0.05) is 5.41 Å². The minimum absolute atomic E-state index is 0.252. The Bertz CT molecular complexity index is 645. The monoisotopic (exact) mass is 586 g/mol. The molecule has 0 heterocycles. The SMILES string of the molecule is ICCCCCCC1(CCCCCCI)c2ccccc2-c2ccccc21. The molecule has 0 nitrogen and oxygen atoms in total. The molecular formula is C25H32I2. The minimum atomic E-state index is 0.252. The summed E-state index contributed by atoms with van der Waals surface area (Å²) in [6.07, 6.45) is 13.6. The van der Waals surface area contributed by atoms with E-state index in [4.69, 9.17) is 0 Å². The Hall–Kier alpha value is -0.1000. The molecule has 2 aromatic carbocycles. The molecule has 146 valence electrons. The maximum atomic E-state index is 2.51. The highest BCUT2D eigenvalue weighted by Crippen LogP contribution is 2.53. The van der Waals surface area contributed by atoms with E-state index < -0.39 is 0 Å². The van der Waals surface area contributed by atoms with Crippen LogP contribution in [0, 0.1) is 0 Å². The number of halogens is 2. The van der Waals surface area contributed by atoms with Crippen LogP contribution in [0.3, 0.4) is 0 Å². The maximum absolute atomic E-state index is 2.51. The molecule has 0 unspecified atom stereocenters. The van der Waals surface area contributed by atoms with Gasteiger partial charge in [0.1, 0.15) is 0 Å². The number of unbranched alkanes of at least 4 members (excludes halogenated alkanes) is 6. The Morgan fingerprint density at radius 3 is 1.37 bits per heavy atom. The second-order valence-corrected chi connectivity index (χ2v) is 10.0. The van der Waals surface area contributed by atoms with Crippen LogP contribution in [0.4, 0.5) is 0 Å². The van der Waals surface area contributed by atoms with Crippen LogP contribution in [0.1, 0.15) is 75.3 Å². The number of benzene rings is 2. The van der Waals surface area contributed by atoms with Crippen LogP contribution in [-0.4, -0.2) is 8.86 Å². The number of fused-ring (bicyclic) bond motifs is 3. The zero-order valence-electron chi connectivity index (χ0n) is 16.4. The third kappa shape index (κ3) is 5.09. The first-order valence-electron chi connectivity index (χ1n) is 10.6. The molecule has 0 aromatic heterocycles. The summed E-state index contributed by atoms with van der Waals surface area (Å²) in [6.45, 7) is 0. The van der Waals surface area contributed by atoms with Crippen molar-refractivity contribution in [2.75, 3.05) is 8.86 Å². The van der Waals surface area contributed by atoms with Crippen molar-refractivity contribution >= 4 is 45.2 Å². The van der Waals surface area contributed by atoms with Crippen molar-refractivity contribution in [3.8, 4) is 11.1 Å². The summed E-state index contributed by atoms with van der Waals surface area (Å²) in [5.41, 5.74) is 6.45. The van der Waals surface area contributed by atoms with Gasteiger partial charge < -0.3 is 0 Å². The van der Waals surface area contributed by atoms with E-state index in [2.05, 4.69) is 93.7 Å². The first-order chi connectivity index (χ1) is 13.3. The number of alkyl halides is 2. The second-order valence-electron chi connectivity index (χ2n) is 7.88. The lowest BCUT2D eigenvalue weighted by molar-refractivity contribution is 0.401. The third-order valence-corrected chi connectivity index (χ3v) is 7.68. The van der Waals surface area contributed by atoms with E-state index in [-0.39, 0.29) is 5.41 Å². The highest BCUT2D eigenvalue weighted by Gasteiger charge is 2.41. The predicted molar refractivity (Wildman–Crippen MR) is 137 cm³/mol. The van der Waals surface area contributed by atoms with Crippen molar-refractivity contribution in [3.63, 3.8) is 0 Å². The van der Waals surface area contributed by atoms with Crippen molar-refractivity contribution < 1.29 is 0 Å². The van der Waals surface area contributed by atoms with Gasteiger partial charge in [-0.25, -0.2) is 0 Å². The third-order valence-electron chi connectivity index (χ3n) is 6.15. The standard InChI is InChI=1S/C25H32I2/c26-19-11-3-1-9-17-25(18-10-2-4-12-20-27)23-15-7-5-13-21(23)22-14-6-8-16-24(22)25/h5-8,13-16H,1-4,9-12,17-20H2. The van der Waals surface area contributed by atoms with E-state index in [0.717, 1.165) is 0 Å². The zero-order chi connectivity index (χ0) is 19.0. The lowest BCUT2D eigenvalue weighted by atomic mass is 9.70. The van der Waals surface area contributed by atoms with Gasteiger partial charge in [0.05, 0.1) is 0 Å². The Balaban J connectivity index is 1.84. The summed E-state index contributed by atoms with van der Waals surface area (Å²) in [5, 5.41) is 0. The van der Waals surface area contributed by atoms with Gasteiger partial charge in [-0.15, -0.1) is 0 Å². The van der Waals surface area contributed by atoms with Gasteiger partial charge >= 0.3 is 0 Å². The zero-order valence-corrected chi connectivity index (χ0v) is 20.7. The molecule has 0 bridgehead atoms. The minimum Gasteiger partial charge on any atom is -0.0864 e. The van der Waals surface area contributed by atoms with Crippen LogP contribution >= 0.6 is 45.2 Å². The molecule has 0 atom stereocenters. The quantitative estimate of drug-likeness (QED) is 0.133. The Kier molecular flexibility index (Phi) is 8.95. The summed E-state index contributed by atoms with van der Waals surface area (Å²) < 4.78 is 2.59. The molecule has 0 N–H and O–H groups in total. The van der Waals surface area contributed by atoms with Crippen LogP contribution in [0.25, 0.3) is 11.1 Å². The van der Waals surface area contributed by atoms with Gasteiger partial charge in [-0.1, -0.05) is 132 Å². The van der Waals surface area contributed by atoms with E-state index in [1.807, 2.05) is 0 Å². The van der Waals surface area contributed by atoms with Gasteiger partial charge in [0.15, 0.2) is 0 Å². The van der Waals surface area contributed by atoms with Crippen molar-refractivity contribution in [2.45, 2.75) is 69.6 Å². The van der Waals surface area contributed by atoms with Crippen molar-refractivity contribution in [1.82, 2.24) is 0 Å². The first-order valence-corrected chi connectivity index (χ1v) is 13.7. The highest BCUT2D eigenvalue weighted by molar-refractivity contribution is 14.1. The van der Waals surface area contributed by atoms with E-state index in [1.165, 1.54) is 84.2 Å². The molecule has 3 rings (SSSR count). The first kappa shape index (κ1) is 21.6. The van der Waals surface area contributed by atoms with Gasteiger partial charge in [-0.3, -0.25) is 0 Å². The summed E-state index contributed by atoms with van der Waals surface area (Å²) in [6, 6.07) is 18.5. The molecule has 0 radical (unpaired) electrons. The van der Waals surface area contributed by atoms with Crippen LogP contribution in [-0.2, 0) is 5.41 Å². The number of rotatable bonds is 12. The van der Waals surface area contributed by atoms with Crippen molar-refractivity contribution in [1.29, 1.82) is 0 Å². The Morgan fingerprint density at radius 2 is 0.926 bits per heavy atom.